The van der Waals surface area contributed by atoms with Gasteiger partial charge in [-0.3, -0.25) is 0 Å². The molecule has 2 aromatic rings. The third-order valence-electron chi connectivity index (χ3n) is 1.71. The molecule has 0 radical (unpaired) electrons. The Kier molecular flexibility index (Phi) is 1.62. The minimum Gasteiger partial charge on any atom is -0.618 e. The van der Waals surface area contributed by atoms with Gasteiger partial charge in [-0.2, -0.15) is 4.73 Å². The van der Waals surface area contributed by atoms with E-state index in [-0.39, 0.29) is 0 Å². The van der Waals surface area contributed by atoms with Crippen LogP contribution in [0.2, 0.25) is 5.02 Å². The molecule has 1 aromatic carbocycles. The Balaban J connectivity index is 2.89. The van der Waals surface area contributed by atoms with Crippen molar-refractivity contribution < 1.29 is 4.73 Å². The Hall–Kier alpha value is -1.28. The van der Waals surface area contributed by atoms with Crippen LogP contribution in [0.3, 0.4) is 0 Å². The Morgan fingerprint density at radius 3 is 2.83 bits per heavy atom. The maximum atomic E-state index is 11.2. The molecule has 0 saturated heterocycles. The van der Waals surface area contributed by atoms with Gasteiger partial charge >= 0.3 is 0 Å². The van der Waals surface area contributed by atoms with Crippen LogP contribution < -0.4 is 4.73 Å². The average Bonchev–Trinajstić information content (AvgIpc) is 2.04. The van der Waals surface area contributed by atoms with Crippen molar-refractivity contribution >= 4 is 22.5 Å². The van der Waals surface area contributed by atoms with Crippen molar-refractivity contribution in [2.45, 2.75) is 0 Å². The maximum absolute atomic E-state index is 11.2. The van der Waals surface area contributed by atoms with Crippen LogP contribution in [-0.4, -0.2) is 0 Å². The molecule has 0 unspecified atom stereocenters. The van der Waals surface area contributed by atoms with Gasteiger partial charge in [0.15, 0.2) is 6.20 Å². The molecule has 0 aliphatic carbocycles. The first-order valence-electron chi connectivity index (χ1n) is 3.55. The average molecular weight is 180 g/mol. The minimum absolute atomic E-state index is 0.462. The second-order valence-electron chi connectivity index (χ2n) is 2.54. The fourth-order valence-electron chi connectivity index (χ4n) is 1.18. The van der Waals surface area contributed by atoms with Gasteiger partial charge in [0, 0.05) is 11.5 Å². The number of para-hydroxylation sites is 1. The number of nitrogens with zero attached hydrogens (tertiary/aromatic N) is 1. The molecule has 0 aliphatic heterocycles. The lowest BCUT2D eigenvalue weighted by Crippen LogP contribution is -2.25. The number of fused-ring (bicyclic) bond motifs is 1. The highest BCUT2D eigenvalue weighted by molar-refractivity contribution is 6.30. The summed E-state index contributed by atoms with van der Waals surface area (Å²) in [6.45, 7) is 0. The highest BCUT2D eigenvalue weighted by Gasteiger charge is 2.02. The molecule has 60 valence electrons. The molecule has 0 N–H and O–H groups in total. The molecule has 0 aliphatic rings. The van der Waals surface area contributed by atoms with Crippen LogP contribution in [-0.2, 0) is 0 Å². The largest absolute Gasteiger partial charge is 0.618 e. The summed E-state index contributed by atoms with van der Waals surface area (Å²) in [5, 5.41) is 12.6. The summed E-state index contributed by atoms with van der Waals surface area (Å²) >= 11 is 5.70. The molecule has 2 nitrogen and oxygen atoms in total. The normalized spacial score (nSPS) is 10.4. The summed E-state index contributed by atoms with van der Waals surface area (Å²) in [6.07, 6.45) is 1.35. The van der Waals surface area contributed by atoms with E-state index in [1.165, 1.54) is 6.20 Å². The molecule has 0 saturated carbocycles. The van der Waals surface area contributed by atoms with Gasteiger partial charge in [0.05, 0.1) is 0 Å². The molecule has 12 heavy (non-hydrogen) atoms. The van der Waals surface area contributed by atoms with Gasteiger partial charge in [0.2, 0.25) is 5.52 Å². The predicted octanol–water partition coefficient (Wildman–Crippen LogP) is 2.13. The third kappa shape index (κ3) is 1.10. The highest BCUT2D eigenvalue weighted by atomic mass is 35.5. The zero-order valence-corrected chi connectivity index (χ0v) is 6.95. The lowest BCUT2D eigenvalue weighted by molar-refractivity contribution is -0.576. The van der Waals surface area contributed by atoms with Crippen LogP contribution in [0.1, 0.15) is 0 Å². The standard InChI is InChI=1S/C9H6ClNO/c10-8-5-7-3-1-2-4-9(7)11(12)6-8/h1-6H. The van der Waals surface area contributed by atoms with E-state index in [1.54, 1.807) is 12.1 Å². The molecule has 0 bridgehead atoms. The molecular weight excluding hydrogens is 174 g/mol. The van der Waals surface area contributed by atoms with Gasteiger partial charge in [-0.1, -0.05) is 23.7 Å². The van der Waals surface area contributed by atoms with Crippen molar-refractivity contribution in [1.29, 1.82) is 0 Å². The Morgan fingerprint density at radius 2 is 2.00 bits per heavy atom. The van der Waals surface area contributed by atoms with Crippen LogP contribution in [0.25, 0.3) is 10.9 Å². The minimum atomic E-state index is 0.462. The number of hydrogen-bond acceptors (Lipinski definition) is 1. The second-order valence-corrected chi connectivity index (χ2v) is 2.98. The Labute approximate surface area is 74.6 Å². The summed E-state index contributed by atoms with van der Waals surface area (Å²) in [6, 6.07) is 9.09. The van der Waals surface area contributed by atoms with E-state index in [1.807, 2.05) is 18.2 Å². The van der Waals surface area contributed by atoms with Gasteiger partial charge in [-0.15, -0.1) is 0 Å². The van der Waals surface area contributed by atoms with Gasteiger partial charge < -0.3 is 5.21 Å². The number of aromatic nitrogens is 1. The summed E-state index contributed by atoms with van der Waals surface area (Å²) in [4.78, 5) is 0. The van der Waals surface area contributed by atoms with Crippen LogP contribution in [0, 0.1) is 5.21 Å². The van der Waals surface area contributed by atoms with E-state index in [9.17, 15) is 5.21 Å². The van der Waals surface area contributed by atoms with Gasteiger partial charge in [-0.05, 0) is 12.1 Å². The summed E-state index contributed by atoms with van der Waals surface area (Å²) in [7, 11) is 0. The van der Waals surface area contributed by atoms with E-state index < -0.39 is 0 Å². The van der Waals surface area contributed by atoms with Crippen LogP contribution in [0.15, 0.2) is 36.5 Å². The van der Waals surface area contributed by atoms with Crippen molar-refractivity contribution in [3.63, 3.8) is 0 Å². The van der Waals surface area contributed by atoms with Crippen LogP contribution in [0.5, 0.6) is 0 Å². The molecule has 0 atom stereocenters. The van der Waals surface area contributed by atoms with Crippen molar-refractivity contribution in [2.75, 3.05) is 0 Å². The van der Waals surface area contributed by atoms with E-state index in [0.29, 0.717) is 10.5 Å². The molecule has 1 aromatic heterocycles. The quantitative estimate of drug-likeness (QED) is 0.450. The number of halogens is 1. The number of hydrogen-bond donors (Lipinski definition) is 0. The molecule has 0 fully saturated rings. The first kappa shape index (κ1) is 7.37. The Morgan fingerprint density at radius 1 is 1.25 bits per heavy atom. The first-order chi connectivity index (χ1) is 5.77. The monoisotopic (exact) mass is 179 g/mol. The smallest absolute Gasteiger partial charge is 0.223 e. The van der Waals surface area contributed by atoms with E-state index >= 15 is 0 Å². The topological polar surface area (TPSA) is 26.9 Å². The number of rotatable bonds is 0. The van der Waals surface area contributed by atoms with Crippen LogP contribution >= 0.6 is 11.6 Å². The van der Waals surface area contributed by atoms with Crippen molar-refractivity contribution in [3.05, 3.63) is 46.8 Å². The zero-order chi connectivity index (χ0) is 8.55. The van der Waals surface area contributed by atoms with Gasteiger partial charge in [0.1, 0.15) is 5.02 Å². The molecule has 0 amide bonds. The van der Waals surface area contributed by atoms with Crippen LogP contribution in [0.4, 0.5) is 0 Å². The summed E-state index contributed by atoms with van der Waals surface area (Å²) in [5.41, 5.74) is 0.641. The third-order valence-corrected chi connectivity index (χ3v) is 1.91. The number of benzene rings is 1. The van der Waals surface area contributed by atoms with Gasteiger partial charge in [-0.25, -0.2) is 0 Å². The Bertz CT molecular complexity index is 428. The summed E-state index contributed by atoms with van der Waals surface area (Å²) < 4.78 is 0.775. The molecule has 0 spiro atoms. The lowest BCUT2D eigenvalue weighted by atomic mass is 10.2. The first-order valence-corrected chi connectivity index (χ1v) is 3.92. The molecule has 2 rings (SSSR count). The summed E-state index contributed by atoms with van der Waals surface area (Å²) in [5.74, 6) is 0. The highest BCUT2D eigenvalue weighted by Crippen LogP contribution is 2.14. The molecule has 1 heterocycles. The SMILES string of the molecule is [O-][n+]1cc(Cl)cc2ccccc21. The molecular formula is C9H6ClNO. The lowest BCUT2D eigenvalue weighted by Gasteiger charge is -2.00. The predicted molar refractivity (Wildman–Crippen MR) is 47.9 cm³/mol. The second kappa shape index (κ2) is 2.64. The maximum Gasteiger partial charge on any atom is 0.223 e. The zero-order valence-electron chi connectivity index (χ0n) is 6.20. The van der Waals surface area contributed by atoms with E-state index in [0.717, 1.165) is 10.1 Å². The fraction of sp³-hybridized carbons (Fsp3) is 0. The van der Waals surface area contributed by atoms with E-state index in [4.69, 9.17) is 11.6 Å². The fourth-order valence-corrected chi connectivity index (χ4v) is 1.38. The van der Waals surface area contributed by atoms with Crippen molar-refractivity contribution in [1.82, 2.24) is 0 Å². The van der Waals surface area contributed by atoms with E-state index in [2.05, 4.69) is 0 Å². The van der Waals surface area contributed by atoms with Crippen molar-refractivity contribution in [3.8, 4) is 0 Å². The van der Waals surface area contributed by atoms with Crippen molar-refractivity contribution in [2.24, 2.45) is 0 Å². The number of pyridine rings is 1. The van der Waals surface area contributed by atoms with Gasteiger partial charge in [0.25, 0.3) is 0 Å². The molecule has 3 heteroatoms.